The van der Waals surface area contributed by atoms with E-state index in [0.717, 1.165) is 22.2 Å². The highest BCUT2D eigenvalue weighted by Gasteiger charge is 2.39. The van der Waals surface area contributed by atoms with Gasteiger partial charge in [-0.3, -0.25) is 9.98 Å². The minimum Gasteiger partial charge on any atom is -0.300 e. The maximum Gasteiger partial charge on any atom is 0.0907 e. The Labute approximate surface area is 275 Å². The molecule has 1 heterocycles. The average molecular weight is 604 g/mol. The van der Waals surface area contributed by atoms with E-state index in [-0.39, 0.29) is 5.41 Å². The SMILES string of the molecule is CC1(C)c2c(cccc2-c2ccc(C=N/C(=C\C(=N)c3ccccc3)c3ccccn3)c3ccccc23)-c2ccc3ccccc3c21. The van der Waals surface area contributed by atoms with Gasteiger partial charge >= 0.3 is 0 Å². The summed E-state index contributed by atoms with van der Waals surface area (Å²) in [7, 11) is 0. The fourth-order valence-electron chi connectivity index (χ4n) is 7.31. The highest BCUT2D eigenvalue weighted by molar-refractivity contribution is 6.12. The van der Waals surface area contributed by atoms with Crippen LogP contribution in [0.4, 0.5) is 0 Å². The highest BCUT2D eigenvalue weighted by Crippen LogP contribution is 2.54. The van der Waals surface area contributed by atoms with Crippen LogP contribution in [0.15, 0.2) is 157 Å². The molecule has 47 heavy (non-hydrogen) atoms. The quantitative estimate of drug-likeness (QED) is 0.189. The van der Waals surface area contributed by atoms with Gasteiger partial charge in [-0.05, 0) is 78.7 Å². The molecule has 1 aliphatic carbocycles. The van der Waals surface area contributed by atoms with Crippen molar-refractivity contribution in [2.24, 2.45) is 4.99 Å². The normalized spacial score (nSPS) is 13.6. The molecule has 0 spiro atoms. The van der Waals surface area contributed by atoms with Crippen molar-refractivity contribution in [1.82, 2.24) is 4.98 Å². The number of hydrogen-bond donors (Lipinski definition) is 1. The molecule has 1 N–H and O–H groups in total. The molecule has 8 rings (SSSR count). The van der Waals surface area contributed by atoms with Gasteiger partial charge in [-0.25, -0.2) is 0 Å². The predicted molar refractivity (Wildman–Crippen MR) is 198 cm³/mol. The first-order valence-electron chi connectivity index (χ1n) is 16.0. The third kappa shape index (κ3) is 4.88. The number of benzene rings is 6. The number of fused-ring (bicyclic) bond motifs is 6. The summed E-state index contributed by atoms with van der Waals surface area (Å²) in [6, 6.07) is 48.6. The summed E-state index contributed by atoms with van der Waals surface area (Å²) >= 11 is 0. The van der Waals surface area contributed by atoms with Crippen molar-refractivity contribution in [1.29, 1.82) is 5.41 Å². The van der Waals surface area contributed by atoms with Crippen molar-refractivity contribution >= 4 is 39.2 Å². The number of pyridine rings is 1. The number of allylic oxidation sites excluding steroid dienone is 1. The van der Waals surface area contributed by atoms with E-state index >= 15 is 0 Å². The Morgan fingerprint density at radius 3 is 2.04 bits per heavy atom. The molecule has 3 heteroatoms. The molecule has 224 valence electrons. The van der Waals surface area contributed by atoms with E-state index in [9.17, 15) is 0 Å². The monoisotopic (exact) mass is 603 g/mol. The van der Waals surface area contributed by atoms with Crippen molar-refractivity contribution < 1.29 is 0 Å². The smallest absolute Gasteiger partial charge is 0.0907 e. The number of aromatic nitrogens is 1. The van der Waals surface area contributed by atoms with Crippen LogP contribution in [-0.4, -0.2) is 16.9 Å². The van der Waals surface area contributed by atoms with Gasteiger partial charge in [0.1, 0.15) is 0 Å². The lowest BCUT2D eigenvalue weighted by Crippen LogP contribution is -2.17. The topological polar surface area (TPSA) is 49.1 Å². The Kier molecular flexibility index (Phi) is 6.96. The van der Waals surface area contributed by atoms with Gasteiger partial charge < -0.3 is 5.41 Å². The van der Waals surface area contributed by atoms with Crippen LogP contribution in [0, 0.1) is 5.41 Å². The molecule has 0 bridgehead atoms. The zero-order chi connectivity index (χ0) is 32.0. The molecule has 0 saturated carbocycles. The molecule has 0 atom stereocenters. The van der Waals surface area contributed by atoms with E-state index in [1.54, 1.807) is 12.3 Å². The minimum absolute atomic E-state index is 0.172. The Morgan fingerprint density at radius 1 is 0.596 bits per heavy atom. The first-order valence-corrected chi connectivity index (χ1v) is 16.0. The van der Waals surface area contributed by atoms with E-state index in [1.807, 2.05) is 54.7 Å². The lowest BCUT2D eigenvalue weighted by Gasteiger charge is -2.26. The molecule has 0 amide bonds. The third-order valence-electron chi connectivity index (χ3n) is 9.42. The van der Waals surface area contributed by atoms with Crippen LogP contribution in [0.5, 0.6) is 0 Å². The molecular weight excluding hydrogens is 571 g/mol. The number of rotatable bonds is 6. The van der Waals surface area contributed by atoms with Gasteiger partial charge in [0.15, 0.2) is 0 Å². The van der Waals surface area contributed by atoms with E-state index in [1.165, 1.54) is 49.5 Å². The van der Waals surface area contributed by atoms with E-state index in [4.69, 9.17) is 10.4 Å². The van der Waals surface area contributed by atoms with Gasteiger partial charge in [-0.2, -0.15) is 0 Å². The summed E-state index contributed by atoms with van der Waals surface area (Å²) in [6.45, 7) is 4.74. The number of aliphatic imine (C=N–C) groups is 1. The van der Waals surface area contributed by atoms with E-state index < -0.39 is 0 Å². The highest BCUT2D eigenvalue weighted by atomic mass is 14.8. The van der Waals surface area contributed by atoms with Crippen molar-refractivity contribution in [3.05, 3.63) is 180 Å². The Bertz CT molecular complexity index is 2380. The summed E-state index contributed by atoms with van der Waals surface area (Å²) in [5.41, 5.74) is 11.3. The van der Waals surface area contributed by atoms with Crippen LogP contribution in [0.3, 0.4) is 0 Å². The van der Waals surface area contributed by atoms with Crippen molar-refractivity contribution in [2.75, 3.05) is 0 Å². The lowest BCUT2D eigenvalue weighted by molar-refractivity contribution is 0.668. The maximum atomic E-state index is 8.75. The number of nitrogens with one attached hydrogen (secondary N) is 1. The van der Waals surface area contributed by atoms with Crippen molar-refractivity contribution in [3.63, 3.8) is 0 Å². The molecule has 0 saturated heterocycles. The molecule has 0 fully saturated rings. The van der Waals surface area contributed by atoms with E-state index in [0.29, 0.717) is 11.4 Å². The first-order chi connectivity index (χ1) is 23.0. The lowest BCUT2D eigenvalue weighted by atomic mass is 9.77. The Balaban J connectivity index is 1.25. The summed E-state index contributed by atoms with van der Waals surface area (Å²) in [5, 5.41) is 13.7. The van der Waals surface area contributed by atoms with Gasteiger partial charge in [0.05, 0.1) is 17.1 Å². The van der Waals surface area contributed by atoms with Crippen LogP contribution in [0.2, 0.25) is 0 Å². The van der Waals surface area contributed by atoms with Crippen LogP contribution in [-0.2, 0) is 5.41 Å². The molecule has 3 nitrogen and oxygen atoms in total. The second-order valence-corrected chi connectivity index (χ2v) is 12.6. The fraction of sp³-hybridized carbons (Fsp3) is 0.0682. The summed E-state index contributed by atoms with van der Waals surface area (Å²) in [6.07, 6.45) is 5.46. The number of nitrogens with zero attached hydrogens (tertiary/aromatic N) is 2. The van der Waals surface area contributed by atoms with Gasteiger partial charge in [0, 0.05) is 23.4 Å². The van der Waals surface area contributed by atoms with Gasteiger partial charge in [0.2, 0.25) is 0 Å². The molecular formula is C44H33N3. The van der Waals surface area contributed by atoms with Crippen LogP contribution in [0.1, 0.15) is 41.8 Å². The molecule has 0 aliphatic heterocycles. The Morgan fingerprint density at radius 2 is 1.26 bits per heavy atom. The summed E-state index contributed by atoms with van der Waals surface area (Å²) in [5.74, 6) is 0. The number of hydrogen-bond acceptors (Lipinski definition) is 3. The maximum absolute atomic E-state index is 8.75. The van der Waals surface area contributed by atoms with Crippen LogP contribution >= 0.6 is 0 Å². The molecule has 6 aromatic carbocycles. The zero-order valence-corrected chi connectivity index (χ0v) is 26.4. The third-order valence-corrected chi connectivity index (χ3v) is 9.42. The van der Waals surface area contributed by atoms with E-state index in [2.05, 4.69) is 110 Å². The largest absolute Gasteiger partial charge is 0.300 e. The Hall–Kier alpha value is -5.93. The molecule has 1 aliphatic rings. The summed E-state index contributed by atoms with van der Waals surface area (Å²) < 4.78 is 0. The molecule has 1 aromatic heterocycles. The molecule has 0 radical (unpaired) electrons. The van der Waals surface area contributed by atoms with Gasteiger partial charge in [0.25, 0.3) is 0 Å². The second-order valence-electron chi connectivity index (χ2n) is 12.6. The van der Waals surface area contributed by atoms with Crippen LogP contribution < -0.4 is 0 Å². The molecule has 7 aromatic rings. The standard InChI is InChI=1S/C44H33N3/c1-44(2)42-33-17-7-6-13-29(33)22-25-38(42)37-20-12-19-36(43(37)44)35-24-23-31(32-16-8-9-18-34(32)35)28-47-41(40-21-10-11-26-46-40)27-39(45)30-14-4-3-5-15-30/h3-28,45H,1-2H3/b41-27-,45-39?,47-28?. The van der Waals surface area contributed by atoms with Gasteiger partial charge in [-0.1, -0.05) is 141 Å². The minimum atomic E-state index is -0.172. The molecule has 0 unspecified atom stereocenters. The predicted octanol–water partition coefficient (Wildman–Crippen LogP) is 10.9. The average Bonchev–Trinajstić information content (AvgIpc) is 3.37. The van der Waals surface area contributed by atoms with Gasteiger partial charge in [-0.15, -0.1) is 0 Å². The summed E-state index contributed by atoms with van der Waals surface area (Å²) in [4.78, 5) is 9.51. The van der Waals surface area contributed by atoms with Crippen molar-refractivity contribution in [2.45, 2.75) is 19.3 Å². The fourth-order valence-corrected chi connectivity index (χ4v) is 7.31. The van der Waals surface area contributed by atoms with Crippen molar-refractivity contribution in [3.8, 4) is 22.3 Å². The zero-order valence-electron chi connectivity index (χ0n) is 26.4. The van der Waals surface area contributed by atoms with Crippen LogP contribution in [0.25, 0.3) is 49.5 Å². The second kappa shape index (κ2) is 11.5. The first kappa shape index (κ1) is 28.5.